The van der Waals surface area contributed by atoms with Crippen LogP contribution in [0.15, 0.2) is 12.1 Å². The third-order valence-corrected chi connectivity index (χ3v) is 2.82. The molecule has 1 heterocycles. The second-order valence-corrected chi connectivity index (χ2v) is 5.00. The van der Waals surface area contributed by atoms with Crippen LogP contribution in [0.3, 0.4) is 0 Å². The molecule has 1 aromatic rings. The highest BCUT2D eigenvalue weighted by molar-refractivity contribution is 7.84. The average molecular weight is 258 g/mol. The zero-order chi connectivity index (χ0) is 12.8. The van der Waals surface area contributed by atoms with Crippen LogP contribution < -0.4 is 11.1 Å². The van der Waals surface area contributed by atoms with Gasteiger partial charge in [-0.1, -0.05) is 0 Å². The molecule has 0 aromatic carbocycles. The number of nitrogens with zero attached hydrogens (tertiary/aromatic N) is 2. The fourth-order valence-corrected chi connectivity index (χ4v) is 1.78. The van der Waals surface area contributed by atoms with E-state index < -0.39 is 15.7 Å². The van der Waals surface area contributed by atoms with Crippen molar-refractivity contribution in [1.82, 2.24) is 4.98 Å². The largest absolute Gasteiger partial charge is 0.383 e. The van der Waals surface area contributed by atoms with Gasteiger partial charge >= 0.3 is 0 Å². The molecule has 3 N–H and O–H groups in total. The monoisotopic (exact) mass is 258 g/mol. The van der Waals surface area contributed by atoms with Crippen molar-refractivity contribution in [2.75, 3.05) is 29.6 Å². The standard InChI is InChI=1S/C9H14N4O3S/c1-17(16)4-2-3-11-9-6-7(13(14)15)5-8(10)12-9/h5-6H,2-4H2,1H3,(H3,10,11,12). The first-order valence-corrected chi connectivity index (χ1v) is 6.67. The van der Waals surface area contributed by atoms with E-state index in [1.807, 2.05) is 0 Å². The Bertz CT molecular complexity index is 438. The van der Waals surface area contributed by atoms with Gasteiger partial charge in [-0.15, -0.1) is 0 Å². The van der Waals surface area contributed by atoms with Crippen molar-refractivity contribution in [3.63, 3.8) is 0 Å². The van der Waals surface area contributed by atoms with E-state index in [1.54, 1.807) is 6.26 Å². The fourth-order valence-electron chi connectivity index (χ4n) is 1.22. The number of nitrogens with one attached hydrogen (secondary N) is 1. The summed E-state index contributed by atoms with van der Waals surface area (Å²) in [4.78, 5) is 14.0. The molecule has 0 saturated heterocycles. The molecule has 1 aromatic heterocycles. The Hall–Kier alpha value is -1.70. The first kappa shape index (κ1) is 13.4. The summed E-state index contributed by atoms with van der Waals surface area (Å²) in [6.45, 7) is 0.549. The molecule has 0 spiro atoms. The number of hydrogen-bond acceptors (Lipinski definition) is 6. The highest BCUT2D eigenvalue weighted by Gasteiger charge is 2.09. The number of rotatable bonds is 6. The summed E-state index contributed by atoms with van der Waals surface area (Å²) in [5, 5.41) is 13.5. The van der Waals surface area contributed by atoms with E-state index in [9.17, 15) is 14.3 Å². The smallest absolute Gasteiger partial charge is 0.276 e. The van der Waals surface area contributed by atoms with Gasteiger partial charge in [0, 0.05) is 29.4 Å². The molecule has 8 heteroatoms. The fraction of sp³-hybridized carbons (Fsp3) is 0.444. The van der Waals surface area contributed by atoms with Crippen LogP contribution in [0.2, 0.25) is 0 Å². The summed E-state index contributed by atoms with van der Waals surface area (Å²) >= 11 is 0. The zero-order valence-electron chi connectivity index (χ0n) is 9.38. The van der Waals surface area contributed by atoms with E-state index in [1.165, 1.54) is 12.1 Å². The first-order valence-electron chi connectivity index (χ1n) is 4.95. The van der Waals surface area contributed by atoms with Crippen LogP contribution >= 0.6 is 0 Å². The summed E-state index contributed by atoms with van der Waals surface area (Å²) in [7, 11) is -0.833. The number of aromatic nitrogens is 1. The first-order chi connectivity index (χ1) is 7.99. The number of pyridine rings is 1. The normalized spacial score (nSPS) is 12.1. The molecule has 0 aliphatic carbocycles. The molecule has 0 fully saturated rings. The summed E-state index contributed by atoms with van der Waals surface area (Å²) < 4.78 is 10.8. The van der Waals surface area contributed by atoms with Gasteiger partial charge in [-0.3, -0.25) is 14.3 Å². The molecular weight excluding hydrogens is 244 g/mol. The molecular formula is C9H14N4O3S. The van der Waals surface area contributed by atoms with Crippen LogP contribution in [0.4, 0.5) is 17.3 Å². The number of nitrogens with two attached hydrogens (primary N) is 1. The second-order valence-electron chi connectivity index (χ2n) is 3.45. The molecule has 0 radical (unpaired) electrons. The minimum Gasteiger partial charge on any atom is -0.383 e. The van der Waals surface area contributed by atoms with Crippen LogP contribution in [0.25, 0.3) is 0 Å². The molecule has 1 unspecified atom stereocenters. The lowest BCUT2D eigenvalue weighted by atomic mass is 10.3. The maximum absolute atomic E-state index is 10.8. The van der Waals surface area contributed by atoms with Gasteiger partial charge in [0.2, 0.25) is 0 Å². The van der Waals surface area contributed by atoms with Crippen molar-refractivity contribution >= 4 is 28.1 Å². The Balaban J connectivity index is 2.59. The maximum atomic E-state index is 10.8. The summed E-state index contributed by atoms with van der Waals surface area (Å²) in [5.74, 6) is 1.04. The predicted octanol–water partition coefficient (Wildman–Crippen LogP) is 0.753. The van der Waals surface area contributed by atoms with Crippen molar-refractivity contribution in [2.24, 2.45) is 0 Å². The van der Waals surface area contributed by atoms with Crippen LogP contribution in [0.5, 0.6) is 0 Å². The van der Waals surface area contributed by atoms with Crippen LogP contribution in [0, 0.1) is 10.1 Å². The van der Waals surface area contributed by atoms with Gasteiger partial charge in [0.25, 0.3) is 5.69 Å². The molecule has 0 aliphatic rings. The van der Waals surface area contributed by atoms with Gasteiger partial charge in [-0.05, 0) is 6.42 Å². The van der Waals surface area contributed by atoms with Crippen LogP contribution in [-0.2, 0) is 10.8 Å². The van der Waals surface area contributed by atoms with E-state index in [2.05, 4.69) is 10.3 Å². The maximum Gasteiger partial charge on any atom is 0.276 e. The molecule has 1 rings (SSSR count). The molecule has 0 amide bonds. The van der Waals surface area contributed by atoms with E-state index in [-0.39, 0.29) is 11.5 Å². The lowest BCUT2D eigenvalue weighted by Gasteiger charge is -2.05. The summed E-state index contributed by atoms with van der Waals surface area (Å²) in [5.41, 5.74) is 5.35. The third kappa shape index (κ3) is 4.77. The van der Waals surface area contributed by atoms with E-state index >= 15 is 0 Å². The Morgan fingerprint density at radius 3 is 2.88 bits per heavy atom. The second kappa shape index (κ2) is 6.14. The number of nitrogen functional groups attached to an aromatic ring is 1. The molecule has 0 bridgehead atoms. The lowest BCUT2D eigenvalue weighted by molar-refractivity contribution is -0.384. The predicted molar refractivity (Wildman–Crippen MR) is 67.3 cm³/mol. The lowest BCUT2D eigenvalue weighted by Crippen LogP contribution is -2.08. The van der Waals surface area contributed by atoms with Gasteiger partial charge in [-0.2, -0.15) is 0 Å². The average Bonchev–Trinajstić information content (AvgIpc) is 2.23. The van der Waals surface area contributed by atoms with E-state index in [0.717, 1.165) is 0 Å². The van der Waals surface area contributed by atoms with Crippen molar-refractivity contribution in [3.05, 3.63) is 22.2 Å². The van der Waals surface area contributed by atoms with Gasteiger partial charge in [0.05, 0.1) is 17.1 Å². The minimum absolute atomic E-state index is 0.0979. The van der Waals surface area contributed by atoms with Crippen LogP contribution in [0.1, 0.15) is 6.42 Å². The number of anilines is 2. The quantitative estimate of drug-likeness (QED) is 0.442. The summed E-state index contributed by atoms with van der Waals surface area (Å²) in [6, 6.07) is 2.52. The molecule has 94 valence electrons. The Labute approximate surface area is 101 Å². The zero-order valence-corrected chi connectivity index (χ0v) is 10.2. The highest BCUT2D eigenvalue weighted by atomic mass is 32.2. The van der Waals surface area contributed by atoms with Crippen molar-refractivity contribution in [3.8, 4) is 0 Å². The van der Waals surface area contributed by atoms with E-state index in [0.29, 0.717) is 24.5 Å². The van der Waals surface area contributed by atoms with Crippen LogP contribution in [-0.4, -0.2) is 32.7 Å². The minimum atomic E-state index is -0.833. The van der Waals surface area contributed by atoms with Crippen molar-refractivity contribution in [1.29, 1.82) is 0 Å². The SMILES string of the molecule is CS(=O)CCCNc1cc([N+](=O)[O-])cc(N)n1. The highest BCUT2D eigenvalue weighted by Crippen LogP contribution is 2.18. The van der Waals surface area contributed by atoms with Crippen molar-refractivity contribution in [2.45, 2.75) is 6.42 Å². The van der Waals surface area contributed by atoms with Crippen molar-refractivity contribution < 1.29 is 9.13 Å². The summed E-state index contributed by atoms with van der Waals surface area (Å²) in [6.07, 6.45) is 2.33. The third-order valence-electron chi connectivity index (χ3n) is 1.96. The van der Waals surface area contributed by atoms with Gasteiger partial charge < -0.3 is 11.1 Å². The molecule has 0 aliphatic heterocycles. The topological polar surface area (TPSA) is 111 Å². The molecule has 7 nitrogen and oxygen atoms in total. The molecule has 17 heavy (non-hydrogen) atoms. The van der Waals surface area contributed by atoms with Gasteiger partial charge in [0.15, 0.2) is 0 Å². The number of hydrogen-bond donors (Lipinski definition) is 2. The Morgan fingerprint density at radius 2 is 2.29 bits per heavy atom. The Kier molecular flexibility index (Phi) is 4.83. The van der Waals surface area contributed by atoms with Gasteiger partial charge in [-0.25, -0.2) is 4.98 Å². The van der Waals surface area contributed by atoms with E-state index in [4.69, 9.17) is 5.73 Å². The molecule has 0 saturated carbocycles. The van der Waals surface area contributed by atoms with Gasteiger partial charge in [0.1, 0.15) is 11.6 Å². The number of nitro groups is 1. The molecule has 1 atom stereocenters. The Morgan fingerprint density at radius 1 is 1.59 bits per heavy atom.